The molecule has 1 aromatic heterocycles. The minimum atomic E-state index is -0.201. The van der Waals surface area contributed by atoms with Crippen molar-refractivity contribution in [3.63, 3.8) is 0 Å². The van der Waals surface area contributed by atoms with Crippen LogP contribution in [0, 0.1) is 6.92 Å². The number of rotatable bonds is 6. The second-order valence-electron chi connectivity index (χ2n) is 7.80. The molecule has 0 unspecified atom stereocenters. The Kier molecular flexibility index (Phi) is 6.92. The fraction of sp³-hybridized carbons (Fsp3) is 0.292. The lowest BCUT2D eigenvalue weighted by atomic mass is 10.1. The number of piperazine rings is 1. The summed E-state index contributed by atoms with van der Waals surface area (Å²) in [6.45, 7) is 5.84. The summed E-state index contributed by atoms with van der Waals surface area (Å²) in [4.78, 5) is 26.4. The first-order chi connectivity index (χ1) is 15.5. The van der Waals surface area contributed by atoms with E-state index < -0.39 is 0 Å². The number of hydrogen-bond donors (Lipinski definition) is 2. The number of aromatic nitrogens is 2. The second kappa shape index (κ2) is 10.0. The Morgan fingerprint density at radius 1 is 1.12 bits per heavy atom. The maximum Gasteiger partial charge on any atom is 0.248 e. The van der Waals surface area contributed by atoms with Gasteiger partial charge in [0.1, 0.15) is 11.7 Å². The average molecular weight is 450 g/mol. The summed E-state index contributed by atoms with van der Waals surface area (Å²) in [5, 5.41) is 3.85. The lowest BCUT2D eigenvalue weighted by Gasteiger charge is -2.32. The molecule has 1 saturated heterocycles. The minimum absolute atomic E-state index is 0.201. The number of benzene rings is 2. The van der Waals surface area contributed by atoms with Crippen molar-refractivity contribution in [2.45, 2.75) is 6.92 Å². The molecule has 1 aliphatic heterocycles. The van der Waals surface area contributed by atoms with Gasteiger partial charge in [0, 0.05) is 43.3 Å². The molecule has 0 aliphatic carbocycles. The van der Waals surface area contributed by atoms with Crippen LogP contribution in [0.5, 0.6) is 5.75 Å². The number of nitrogens with zero attached hydrogens (tertiary/aromatic N) is 4. The maximum atomic E-state index is 12.4. The number of thiol groups is 1. The fourth-order valence-corrected chi connectivity index (χ4v) is 3.75. The zero-order valence-electron chi connectivity index (χ0n) is 18.3. The van der Waals surface area contributed by atoms with Gasteiger partial charge in [-0.25, -0.2) is 9.97 Å². The molecule has 7 nitrogen and oxygen atoms in total. The van der Waals surface area contributed by atoms with Gasteiger partial charge >= 0.3 is 0 Å². The lowest BCUT2D eigenvalue weighted by Crippen LogP contribution is -2.45. The molecular formula is C24H27N5O2S. The monoisotopic (exact) mass is 449 g/mol. The van der Waals surface area contributed by atoms with Crippen LogP contribution in [0.25, 0.3) is 17.0 Å². The standard InChI is InChI=1S/C24H27N5O2S/c1-17-21-15-19(26-23(30)10-5-18-3-7-20(8-4-18)31-16-32)6-9-22(21)27-24(25-17)29-13-11-28(2)12-14-29/h3-10,15,32H,11-14,16H2,1-2H3,(H,26,30). The van der Waals surface area contributed by atoms with Gasteiger partial charge in [-0.2, -0.15) is 0 Å². The Bertz CT molecular complexity index is 1130. The first-order valence-corrected chi connectivity index (χ1v) is 11.2. The highest BCUT2D eigenvalue weighted by Gasteiger charge is 2.17. The fourth-order valence-electron chi connectivity index (χ4n) is 3.60. The molecule has 0 saturated carbocycles. The summed E-state index contributed by atoms with van der Waals surface area (Å²) in [5.74, 6) is 1.64. The normalized spacial score (nSPS) is 14.8. The summed E-state index contributed by atoms with van der Waals surface area (Å²) < 4.78 is 5.30. The molecule has 1 aliphatic rings. The van der Waals surface area contributed by atoms with Gasteiger partial charge in [0.2, 0.25) is 11.9 Å². The van der Waals surface area contributed by atoms with Crippen LogP contribution in [0.4, 0.5) is 11.6 Å². The quantitative estimate of drug-likeness (QED) is 0.340. The number of carbonyl (C=O) groups excluding carboxylic acids is 1. The molecule has 1 fully saturated rings. The van der Waals surface area contributed by atoms with Crippen LogP contribution in [0.15, 0.2) is 48.5 Å². The van der Waals surface area contributed by atoms with Crippen molar-refractivity contribution in [1.82, 2.24) is 14.9 Å². The summed E-state index contributed by atoms with van der Waals surface area (Å²) in [5.41, 5.74) is 3.40. The third-order valence-corrected chi connectivity index (χ3v) is 5.60. The van der Waals surface area contributed by atoms with E-state index >= 15 is 0 Å². The molecule has 2 aromatic carbocycles. The lowest BCUT2D eigenvalue weighted by molar-refractivity contribution is -0.111. The number of amides is 1. The zero-order valence-corrected chi connectivity index (χ0v) is 19.2. The number of anilines is 2. The van der Waals surface area contributed by atoms with Gasteiger partial charge in [0.05, 0.1) is 11.2 Å². The molecule has 166 valence electrons. The van der Waals surface area contributed by atoms with Gasteiger partial charge in [0.25, 0.3) is 0 Å². The molecule has 2 heterocycles. The highest BCUT2D eigenvalue weighted by molar-refractivity contribution is 7.80. The molecule has 1 amide bonds. The third kappa shape index (κ3) is 5.38. The molecule has 32 heavy (non-hydrogen) atoms. The highest BCUT2D eigenvalue weighted by atomic mass is 32.1. The SMILES string of the molecule is Cc1nc(N2CCN(C)CC2)nc2ccc(NC(=O)C=Cc3ccc(OCS)cc3)cc12. The maximum absolute atomic E-state index is 12.4. The van der Waals surface area contributed by atoms with E-state index in [1.165, 1.54) is 6.08 Å². The smallest absolute Gasteiger partial charge is 0.248 e. The van der Waals surface area contributed by atoms with Crippen molar-refractivity contribution < 1.29 is 9.53 Å². The highest BCUT2D eigenvalue weighted by Crippen LogP contribution is 2.23. The summed E-state index contributed by atoms with van der Waals surface area (Å²) >= 11 is 4.03. The Labute approximate surface area is 193 Å². The number of hydrogen-bond acceptors (Lipinski definition) is 7. The Hall–Kier alpha value is -3.10. The van der Waals surface area contributed by atoms with Crippen LogP contribution in [0.3, 0.4) is 0 Å². The van der Waals surface area contributed by atoms with E-state index in [0.29, 0.717) is 11.6 Å². The van der Waals surface area contributed by atoms with E-state index in [9.17, 15) is 4.79 Å². The van der Waals surface area contributed by atoms with Crippen molar-refractivity contribution in [3.05, 3.63) is 59.8 Å². The van der Waals surface area contributed by atoms with E-state index in [-0.39, 0.29) is 5.91 Å². The molecular weight excluding hydrogens is 422 g/mol. The summed E-state index contributed by atoms with van der Waals surface area (Å²) in [6, 6.07) is 13.2. The van der Waals surface area contributed by atoms with Crippen molar-refractivity contribution in [1.29, 1.82) is 0 Å². The van der Waals surface area contributed by atoms with E-state index in [1.807, 2.05) is 49.4 Å². The largest absolute Gasteiger partial charge is 0.483 e. The first-order valence-electron chi connectivity index (χ1n) is 10.6. The van der Waals surface area contributed by atoms with Crippen LogP contribution in [0.1, 0.15) is 11.3 Å². The number of carbonyl (C=O) groups is 1. The van der Waals surface area contributed by atoms with Gasteiger partial charge in [0.15, 0.2) is 0 Å². The van der Waals surface area contributed by atoms with Crippen molar-refractivity contribution in [2.75, 3.05) is 49.4 Å². The number of aryl methyl sites for hydroxylation is 1. The third-order valence-electron chi connectivity index (χ3n) is 5.47. The molecule has 3 aromatic rings. The molecule has 0 spiro atoms. The van der Waals surface area contributed by atoms with E-state index in [0.717, 1.165) is 60.0 Å². The summed E-state index contributed by atoms with van der Waals surface area (Å²) in [6.07, 6.45) is 3.27. The summed E-state index contributed by atoms with van der Waals surface area (Å²) in [7, 11) is 2.13. The first kappa shape index (κ1) is 22.1. The van der Waals surface area contributed by atoms with E-state index in [1.54, 1.807) is 6.08 Å². The Morgan fingerprint density at radius 2 is 1.88 bits per heavy atom. The van der Waals surface area contributed by atoms with Gasteiger partial charge in [-0.05, 0) is 55.9 Å². The number of fused-ring (bicyclic) bond motifs is 1. The molecule has 1 N–H and O–H groups in total. The molecule has 8 heteroatoms. The van der Waals surface area contributed by atoms with Crippen LogP contribution in [-0.2, 0) is 4.79 Å². The van der Waals surface area contributed by atoms with Gasteiger partial charge < -0.3 is 19.9 Å². The van der Waals surface area contributed by atoms with Gasteiger partial charge in [-0.3, -0.25) is 4.79 Å². The predicted octanol–water partition coefficient (Wildman–Crippen LogP) is 3.61. The Balaban J connectivity index is 1.44. The van der Waals surface area contributed by atoms with E-state index in [4.69, 9.17) is 14.7 Å². The Morgan fingerprint density at radius 3 is 2.59 bits per heavy atom. The van der Waals surface area contributed by atoms with Crippen molar-refractivity contribution in [2.24, 2.45) is 0 Å². The molecule has 4 rings (SSSR count). The van der Waals surface area contributed by atoms with Gasteiger partial charge in [-0.15, -0.1) is 12.6 Å². The second-order valence-corrected chi connectivity index (χ2v) is 8.05. The van der Waals surface area contributed by atoms with E-state index in [2.05, 4.69) is 34.8 Å². The van der Waals surface area contributed by atoms with Crippen LogP contribution in [0.2, 0.25) is 0 Å². The number of nitrogens with one attached hydrogen (secondary N) is 1. The topological polar surface area (TPSA) is 70.6 Å². The minimum Gasteiger partial charge on any atom is -0.483 e. The van der Waals surface area contributed by atoms with Gasteiger partial charge in [-0.1, -0.05) is 12.1 Å². The average Bonchev–Trinajstić information content (AvgIpc) is 2.79. The van der Waals surface area contributed by atoms with Crippen LogP contribution < -0.4 is 15.0 Å². The predicted molar refractivity (Wildman–Crippen MR) is 133 cm³/mol. The van der Waals surface area contributed by atoms with Crippen LogP contribution in [-0.4, -0.2) is 59.9 Å². The zero-order chi connectivity index (χ0) is 22.5. The molecule has 0 atom stereocenters. The van der Waals surface area contributed by atoms with Crippen molar-refractivity contribution in [3.8, 4) is 5.75 Å². The van der Waals surface area contributed by atoms with Crippen LogP contribution >= 0.6 is 12.6 Å². The molecule has 0 bridgehead atoms. The van der Waals surface area contributed by atoms with Crippen molar-refractivity contribution >= 4 is 47.2 Å². The molecule has 0 radical (unpaired) electrons. The number of ether oxygens (including phenoxy) is 1. The number of likely N-dealkylation sites (N-methyl/N-ethyl adjacent to an activating group) is 1.